The summed E-state index contributed by atoms with van der Waals surface area (Å²) < 4.78 is 0. The fraction of sp³-hybridized carbons (Fsp3) is 0.412. The van der Waals surface area contributed by atoms with Crippen molar-refractivity contribution in [3.05, 3.63) is 52.0 Å². The van der Waals surface area contributed by atoms with Crippen LogP contribution in [0.25, 0.3) is 0 Å². The smallest absolute Gasteiger partial charge is 0.193 e. The molecule has 0 spiro atoms. The Kier molecular flexibility index (Phi) is 6.41. The number of hydrogen-bond donors (Lipinski definition) is 1. The van der Waals surface area contributed by atoms with Gasteiger partial charge in [-0.1, -0.05) is 30.3 Å². The van der Waals surface area contributed by atoms with Crippen LogP contribution < -0.4 is 5.32 Å². The van der Waals surface area contributed by atoms with Crippen LogP contribution >= 0.6 is 35.3 Å². The summed E-state index contributed by atoms with van der Waals surface area (Å²) in [6.07, 6.45) is 1.17. The highest BCUT2D eigenvalue weighted by Crippen LogP contribution is 2.40. The van der Waals surface area contributed by atoms with Crippen molar-refractivity contribution in [2.24, 2.45) is 4.99 Å². The molecule has 0 aliphatic heterocycles. The van der Waals surface area contributed by atoms with Crippen LogP contribution in [0.3, 0.4) is 0 Å². The SMILES string of the molecule is CN=C(NC1CC1c1ccccc1)N(C)Cc1csc(C)n1.I. The predicted molar refractivity (Wildman–Crippen MR) is 108 cm³/mol. The van der Waals surface area contributed by atoms with Gasteiger partial charge in [0.2, 0.25) is 0 Å². The molecule has 124 valence electrons. The number of guanidine groups is 1. The first-order chi connectivity index (χ1) is 10.7. The van der Waals surface area contributed by atoms with E-state index in [4.69, 9.17) is 0 Å². The predicted octanol–water partition coefficient (Wildman–Crippen LogP) is 3.63. The van der Waals surface area contributed by atoms with Crippen molar-refractivity contribution in [1.82, 2.24) is 15.2 Å². The number of rotatable bonds is 4. The Balaban J connectivity index is 0.00000192. The minimum atomic E-state index is 0. The Hall–Kier alpha value is -1.15. The van der Waals surface area contributed by atoms with Gasteiger partial charge in [0.1, 0.15) is 0 Å². The Morgan fingerprint density at radius 1 is 1.39 bits per heavy atom. The van der Waals surface area contributed by atoms with Gasteiger partial charge in [0.15, 0.2) is 5.96 Å². The zero-order chi connectivity index (χ0) is 15.5. The largest absolute Gasteiger partial charge is 0.353 e. The highest BCUT2D eigenvalue weighted by Gasteiger charge is 2.39. The third-order valence-electron chi connectivity index (χ3n) is 3.97. The molecule has 1 aromatic heterocycles. The molecule has 1 aliphatic rings. The maximum absolute atomic E-state index is 4.52. The van der Waals surface area contributed by atoms with Gasteiger partial charge in [-0.15, -0.1) is 35.3 Å². The molecular weight excluding hydrogens is 419 g/mol. The number of aromatic nitrogens is 1. The lowest BCUT2D eigenvalue weighted by Gasteiger charge is -2.21. The molecule has 1 aliphatic carbocycles. The second-order valence-electron chi connectivity index (χ2n) is 5.76. The van der Waals surface area contributed by atoms with Crippen molar-refractivity contribution in [1.29, 1.82) is 0 Å². The van der Waals surface area contributed by atoms with E-state index in [9.17, 15) is 0 Å². The quantitative estimate of drug-likeness (QED) is 0.447. The highest BCUT2D eigenvalue weighted by atomic mass is 127. The lowest BCUT2D eigenvalue weighted by molar-refractivity contribution is 0.469. The van der Waals surface area contributed by atoms with Crippen molar-refractivity contribution in [3.8, 4) is 0 Å². The van der Waals surface area contributed by atoms with Crippen molar-refractivity contribution in [2.75, 3.05) is 14.1 Å². The summed E-state index contributed by atoms with van der Waals surface area (Å²) in [5.41, 5.74) is 2.51. The molecule has 0 saturated heterocycles. The highest BCUT2D eigenvalue weighted by molar-refractivity contribution is 14.0. The van der Waals surface area contributed by atoms with E-state index in [1.165, 1.54) is 12.0 Å². The van der Waals surface area contributed by atoms with Gasteiger partial charge in [0.25, 0.3) is 0 Å². The summed E-state index contributed by atoms with van der Waals surface area (Å²) in [6, 6.07) is 11.2. The van der Waals surface area contributed by atoms with Crippen LogP contribution in [0.1, 0.15) is 28.6 Å². The number of thiazole rings is 1. The normalized spacial score (nSPS) is 19.9. The number of aryl methyl sites for hydroxylation is 1. The van der Waals surface area contributed by atoms with E-state index in [1.54, 1.807) is 11.3 Å². The molecule has 0 amide bonds. The number of benzene rings is 1. The lowest BCUT2D eigenvalue weighted by Crippen LogP contribution is -2.40. The third-order valence-corrected chi connectivity index (χ3v) is 4.79. The van der Waals surface area contributed by atoms with Crippen molar-refractivity contribution < 1.29 is 0 Å². The average molecular weight is 442 g/mol. The van der Waals surface area contributed by atoms with E-state index in [-0.39, 0.29) is 24.0 Å². The van der Waals surface area contributed by atoms with Gasteiger partial charge in [-0.05, 0) is 18.9 Å². The molecule has 4 nitrogen and oxygen atoms in total. The monoisotopic (exact) mass is 442 g/mol. The summed E-state index contributed by atoms with van der Waals surface area (Å²) in [5, 5.41) is 6.79. The first-order valence-electron chi connectivity index (χ1n) is 7.58. The standard InChI is InChI=1S/C17H22N4S.HI/c1-12-19-14(11-22-12)10-21(3)17(18-2)20-16-9-15(16)13-7-5-4-6-8-13;/h4-8,11,15-16H,9-10H2,1-3H3,(H,18,20);1H. The zero-order valence-electron chi connectivity index (χ0n) is 13.7. The summed E-state index contributed by atoms with van der Waals surface area (Å²) in [6.45, 7) is 2.82. The molecule has 0 bridgehead atoms. The number of nitrogens with one attached hydrogen (secondary N) is 1. The van der Waals surface area contributed by atoms with Gasteiger partial charge in [0, 0.05) is 31.4 Å². The van der Waals surface area contributed by atoms with Crippen LogP contribution in [0, 0.1) is 6.92 Å². The Morgan fingerprint density at radius 2 is 2.13 bits per heavy atom. The number of nitrogens with zero attached hydrogens (tertiary/aromatic N) is 3. The molecule has 1 saturated carbocycles. The van der Waals surface area contributed by atoms with Crippen LogP contribution in [0.2, 0.25) is 0 Å². The maximum Gasteiger partial charge on any atom is 0.193 e. The second kappa shape index (κ2) is 8.10. The molecule has 1 fully saturated rings. The number of aliphatic imine (C=N–C) groups is 1. The fourth-order valence-electron chi connectivity index (χ4n) is 2.73. The second-order valence-corrected chi connectivity index (χ2v) is 6.83. The Labute approximate surface area is 159 Å². The zero-order valence-corrected chi connectivity index (χ0v) is 16.8. The third kappa shape index (κ3) is 4.67. The van der Waals surface area contributed by atoms with Crippen LogP contribution in [0.4, 0.5) is 0 Å². The summed E-state index contributed by atoms with van der Waals surface area (Å²) >= 11 is 1.69. The molecule has 2 unspecified atom stereocenters. The minimum absolute atomic E-state index is 0. The van der Waals surface area contributed by atoms with E-state index in [1.807, 2.05) is 14.0 Å². The van der Waals surface area contributed by atoms with Gasteiger partial charge < -0.3 is 10.2 Å². The first-order valence-corrected chi connectivity index (χ1v) is 8.45. The van der Waals surface area contributed by atoms with Gasteiger partial charge in [-0.25, -0.2) is 4.98 Å². The van der Waals surface area contributed by atoms with Gasteiger partial charge in [0.05, 0.1) is 17.2 Å². The van der Waals surface area contributed by atoms with Crippen molar-refractivity contribution in [3.63, 3.8) is 0 Å². The lowest BCUT2D eigenvalue weighted by atomic mass is 10.1. The Morgan fingerprint density at radius 3 is 2.74 bits per heavy atom. The molecule has 2 atom stereocenters. The minimum Gasteiger partial charge on any atom is -0.353 e. The molecule has 3 rings (SSSR count). The van der Waals surface area contributed by atoms with Crippen LogP contribution in [0.15, 0.2) is 40.7 Å². The number of halogens is 1. The van der Waals surface area contributed by atoms with Crippen LogP contribution in [-0.4, -0.2) is 36.0 Å². The molecule has 6 heteroatoms. The van der Waals surface area contributed by atoms with Gasteiger partial charge in [-0.3, -0.25) is 4.99 Å². The molecule has 0 radical (unpaired) electrons. The average Bonchev–Trinajstić information content (AvgIpc) is 3.19. The maximum atomic E-state index is 4.52. The summed E-state index contributed by atoms with van der Waals surface area (Å²) in [7, 11) is 3.90. The summed E-state index contributed by atoms with van der Waals surface area (Å²) in [4.78, 5) is 11.1. The fourth-order valence-corrected chi connectivity index (χ4v) is 3.34. The summed E-state index contributed by atoms with van der Waals surface area (Å²) in [5.74, 6) is 1.54. The van der Waals surface area contributed by atoms with E-state index < -0.39 is 0 Å². The van der Waals surface area contributed by atoms with Crippen molar-refractivity contribution in [2.45, 2.75) is 31.8 Å². The van der Waals surface area contributed by atoms with Crippen LogP contribution in [0.5, 0.6) is 0 Å². The van der Waals surface area contributed by atoms with E-state index in [0.29, 0.717) is 12.0 Å². The first kappa shape index (κ1) is 18.2. The molecule has 2 aromatic rings. The van der Waals surface area contributed by atoms with Crippen molar-refractivity contribution >= 4 is 41.3 Å². The molecular formula is C17H23IN4S. The molecule has 1 heterocycles. The molecule has 1 N–H and O–H groups in total. The molecule has 23 heavy (non-hydrogen) atoms. The van der Waals surface area contributed by atoms with Gasteiger partial charge in [-0.2, -0.15) is 0 Å². The van der Waals surface area contributed by atoms with Gasteiger partial charge >= 0.3 is 0 Å². The van der Waals surface area contributed by atoms with E-state index >= 15 is 0 Å². The topological polar surface area (TPSA) is 40.5 Å². The number of hydrogen-bond acceptors (Lipinski definition) is 3. The van der Waals surface area contributed by atoms with E-state index in [0.717, 1.165) is 23.2 Å². The van der Waals surface area contributed by atoms with Crippen LogP contribution in [-0.2, 0) is 6.54 Å². The Bertz CT molecular complexity index is 656. The van der Waals surface area contributed by atoms with E-state index in [2.05, 4.69) is 63.0 Å². The molecule has 1 aromatic carbocycles.